The van der Waals surface area contributed by atoms with E-state index in [1.165, 1.54) is 24.1 Å². The lowest BCUT2D eigenvalue weighted by Gasteiger charge is -2.25. The van der Waals surface area contributed by atoms with Crippen molar-refractivity contribution >= 4 is 11.8 Å². The minimum atomic E-state index is -3.01. The van der Waals surface area contributed by atoms with Gasteiger partial charge in [0.05, 0.1) is 45.7 Å². The number of ether oxygens (including phenoxy) is 2. The summed E-state index contributed by atoms with van der Waals surface area (Å²) >= 11 is 0. The van der Waals surface area contributed by atoms with E-state index in [1.807, 2.05) is 0 Å². The van der Waals surface area contributed by atoms with Crippen LogP contribution in [0.3, 0.4) is 0 Å². The lowest BCUT2D eigenvalue weighted by atomic mass is 10.1. The highest BCUT2D eigenvalue weighted by atomic mass is 19.3. The van der Waals surface area contributed by atoms with Gasteiger partial charge in [-0.25, -0.2) is 13.5 Å². The molecule has 4 rings (SSSR count). The second kappa shape index (κ2) is 8.58. The van der Waals surface area contributed by atoms with Crippen LogP contribution < -0.4 is 4.74 Å². The van der Waals surface area contributed by atoms with Crippen molar-refractivity contribution in [3.05, 3.63) is 41.7 Å². The zero-order chi connectivity index (χ0) is 22.0. The molecule has 0 spiro atoms. The first-order chi connectivity index (χ1) is 14.9. The van der Waals surface area contributed by atoms with Gasteiger partial charge in [0.25, 0.3) is 17.7 Å². The second-order valence-corrected chi connectivity index (χ2v) is 7.61. The predicted molar refractivity (Wildman–Crippen MR) is 104 cm³/mol. The molecule has 166 valence electrons. The van der Waals surface area contributed by atoms with Gasteiger partial charge in [0.1, 0.15) is 5.75 Å². The third-order valence-electron chi connectivity index (χ3n) is 5.41. The number of halogens is 2. The molecule has 9 nitrogen and oxygen atoms in total. The van der Waals surface area contributed by atoms with E-state index in [0.29, 0.717) is 32.1 Å². The summed E-state index contributed by atoms with van der Waals surface area (Å²) in [6.07, 6.45) is 0.942. The number of methoxy groups -OCH3 is 1. The van der Waals surface area contributed by atoms with Gasteiger partial charge in [0.2, 0.25) is 0 Å². The Labute approximate surface area is 177 Å². The van der Waals surface area contributed by atoms with E-state index in [2.05, 4.69) is 10.3 Å². The van der Waals surface area contributed by atoms with E-state index in [1.54, 1.807) is 23.1 Å². The number of hydrogen-bond acceptors (Lipinski definition) is 6. The van der Waals surface area contributed by atoms with Gasteiger partial charge in [-0.15, -0.1) is 5.10 Å². The number of nitrogens with zero attached hydrogens (tertiary/aromatic N) is 5. The molecule has 2 fully saturated rings. The van der Waals surface area contributed by atoms with Crippen molar-refractivity contribution in [1.82, 2.24) is 24.8 Å². The quantitative estimate of drug-likeness (QED) is 0.704. The zero-order valence-corrected chi connectivity index (χ0v) is 17.0. The predicted octanol–water partition coefficient (Wildman–Crippen LogP) is 1.31. The van der Waals surface area contributed by atoms with Crippen molar-refractivity contribution in [1.29, 1.82) is 0 Å². The summed E-state index contributed by atoms with van der Waals surface area (Å²) in [5.74, 6) is -3.33. The largest absolute Gasteiger partial charge is 0.497 e. The fourth-order valence-corrected chi connectivity index (χ4v) is 3.85. The minimum absolute atomic E-state index is 0.00862. The fraction of sp³-hybridized carbons (Fsp3) is 0.500. The summed E-state index contributed by atoms with van der Waals surface area (Å²) < 4.78 is 40.1. The first kappa shape index (κ1) is 21.2. The van der Waals surface area contributed by atoms with Crippen LogP contribution in [0.25, 0.3) is 0 Å². The number of benzene rings is 1. The molecule has 2 saturated heterocycles. The van der Waals surface area contributed by atoms with Crippen molar-refractivity contribution in [2.45, 2.75) is 24.9 Å². The molecule has 31 heavy (non-hydrogen) atoms. The van der Waals surface area contributed by atoms with Gasteiger partial charge >= 0.3 is 0 Å². The summed E-state index contributed by atoms with van der Waals surface area (Å²) in [6, 6.07) is 5.60. The van der Waals surface area contributed by atoms with Crippen LogP contribution in [0.5, 0.6) is 5.75 Å². The van der Waals surface area contributed by atoms with Crippen LogP contribution in [0.15, 0.2) is 30.5 Å². The molecule has 3 heterocycles. The molecule has 2 amide bonds. The standard InChI is InChI=1S/C20H23F2N5O4/c1-30-16-4-2-3-14(9-16)18(28)27-13-20(21,22)10-15(27)11-26-12-17(23-24-26)19(29)25-5-7-31-8-6-25/h2-4,9,12,15H,5-8,10-11,13H2,1H3/t15-/m0/s1. The van der Waals surface area contributed by atoms with Gasteiger partial charge in [-0.3, -0.25) is 9.59 Å². The van der Waals surface area contributed by atoms with Gasteiger partial charge in [-0.2, -0.15) is 0 Å². The van der Waals surface area contributed by atoms with E-state index < -0.39 is 30.8 Å². The number of carbonyl (C=O) groups excluding carboxylic acids is 2. The van der Waals surface area contributed by atoms with Crippen molar-refractivity contribution < 1.29 is 27.8 Å². The molecule has 0 radical (unpaired) electrons. The van der Waals surface area contributed by atoms with Crippen LogP contribution in [-0.4, -0.2) is 88.5 Å². The molecule has 0 saturated carbocycles. The number of carbonyl (C=O) groups is 2. The van der Waals surface area contributed by atoms with Crippen LogP contribution in [0.4, 0.5) is 8.78 Å². The Hall–Kier alpha value is -3.08. The lowest BCUT2D eigenvalue weighted by Crippen LogP contribution is -2.40. The van der Waals surface area contributed by atoms with Crippen LogP contribution in [-0.2, 0) is 11.3 Å². The van der Waals surface area contributed by atoms with Crippen LogP contribution in [0, 0.1) is 0 Å². The number of rotatable bonds is 5. The summed E-state index contributed by atoms with van der Waals surface area (Å²) in [5, 5.41) is 7.82. The highest BCUT2D eigenvalue weighted by Gasteiger charge is 2.47. The van der Waals surface area contributed by atoms with Crippen molar-refractivity contribution in [2.24, 2.45) is 0 Å². The molecule has 1 atom stereocenters. The minimum Gasteiger partial charge on any atom is -0.497 e. The Bertz CT molecular complexity index is 961. The summed E-state index contributed by atoms with van der Waals surface area (Å²) in [7, 11) is 1.47. The van der Waals surface area contributed by atoms with Gasteiger partial charge in [0, 0.05) is 25.1 Å². The number of alkyl halides is 2. The third-order valence-corrected chi connectivity index (χ3v) is 5.41. The average molecular weight is 435 g/mol. The maximum absolute atomic E-state index is 14.2. The van der Waals surface area contributed by atoms with E-state index in [-0.39, 0.29) is 23.7 Å². The lowest BCUT2D eigenvalue weighted by molar-refractivity contribution is 0.0117. The Morgan fingerprint density at radius 1 is 1.26 bits per heavy atom. The molecule has 0 bridgehead atoms. The number of aromatic nitrogens is 3. The summed E-state index contributed by atoms with van der Waals surface area (Å²) in [4.78, 5) is 28.2. The second-order valence-electron chi connectivity index (χ2n) is 7.61. The molecule has 0 N–H and O–H groups in total. The smallest absolute Gasteiger partial charge is 0.276 e. The SMILES string of the molecule is COc1cccc(C(=O)N2CC(F)(F)C[C@H]2Cn2cc(C(=O)N3CCOCC3)nn2)c1. The topological polar surface area (TPSA) is 89.8 Å². The van der Waals surface area contributed by atoms with Crippen LogP contribution in [0.1, 0.15) is 27.3 Å². The first-order valence-corrected chi connectivity index (χ1v) is 9.96. The monoisotopic (exact) mass is 435 g/mol. The Morgan fingerprint density at radius 2 is 2.03 bits per heavy atom. The average Bonchev–Trinajstić information content (AvgIpc) is 3.37. The molecular weight excluding hydrogens is 412 g/mol. The molecule has 1 aromatic carbocycles. The van der Waals surface area contributed by atoms with Crippen molar-refractivity contribution in [3.63, 3.8) is 0 Å². The maximum atomic E-state index is 14.2. The van der Waals surface area contributed by atoms with Gasteiger partial charge < -0.3 is 19.3 Å². The number of amides is 2. The van der Waals surface area contributed by atoms with Crippen molar-refractivity contribution in [3.8, 4) is 5.75 Å². The molecule has 2 aliphatic heterocycles. The van der Waals surface area contributed by atoms with Gasteiger partial charge in [-0.05, 0) is 18.2 Å². The van der Waals surface area contributed by atoms with E-state index in [4.69, 9.17) is 9.47 Å². The number of likely N-dealkylation sites (tertiary alicyclic amines) is 1. The highest BCUT2D eigenvalue weighted by Crippen LogP contribution is 2.34. The van der Waals surface area contributed by atoms with Crippen molar-refractivity contribution in [2.75, 3.05) is 40.0 Å². The molecule has 0 unspecified atom stereocenters. The molecule has 2 aromatic rings. The number of morpholine rings is 1. The highest BCUT2D eigenvalue weighted by molar-refractivity contribution is 5.95. The third kappa shape index (κ3) is 4.66. The molecule has 2 aliphatic rings. The van der Waals surface area contributed by atoms with Crippen LogP contribution in [0.2, 0.25) is 0 Å². The van der Waals surface area contributed by atoms with Gasteiger partial charge in [0.15, 0.2) is 5.69 Å². The molecular formula is C20H23F2N5O4. The zero-order valence-electron chi connectivity index (χ0n) is 17.0. The maximum Gasteiger partial charge on any atom is 0.276 e. The van der Waals surface area contributed by atoms with E-state index in [0.717, 1.165) is 4.90 Å². The Kier molecular flexibility index (Phi) is 5.86. The molecule has 1 aromatic heterocycles. The summed E-state index contributed by atoms with van der Waals surface area (Å²) in [6.45, 7) is 1.17. The first-order valence-electron chi connectivity index (χ1n) is 9.96. The summed E-state index contributed by atoms with van der Waals surface area (Å²) in [5.41, 5.74) is 0.404. The fourth-order valence-electron chi connectivity index (χ4n) is 3.85. The van der Waals surface area contributed by atoms with Gasteiger partial charge in [-0.1, -0.05) is 11.3 Å². The van der Waals surface area contributed by atoms with E-state index >= 15 is 0 Å². The molecule has 11 heteroatoms. The Balaban J connectivity index is 1.49. The normalized spacial score (nSPS) is 20.7. The Morgan fingerprint density at radius 3 is 2.77 bits per heavy atom. The molecule has 0 aliphatic carbocycles. The van der Waals surface area contributed by atoms with E-state index in [9.17, 15) is 18.4 Å². The van der Waals surface area contributed by atoms with Crippen LogP contribution >= 0.6 is 0 Å². The number of hydrogen-bond donors (Lipinski definition) is 0.